The summed E-state index contributed by atoms with van der Waals surface area (Å²) >= 11 is 0. The minimum atomic E-state index is -3.62. The Bertz CT molecular complexity index is 1280. The molecule has 0 unspecified atom stereocenters. The van der Waals surface area contributed by atoms with Gasteiger partial charge in [-0.2, -0.15) is 0 Å². The number of methoxy groups -OCH3 is 1. The van der Waals surface area contributed by atoms with Crippen molar-refractivity contribution >= 4 is 9.84 Å². The molecule has 4 aromatic rings. The standard InChI is InChI=1S/C26H22O5S/c1-19-3-5-21(6-4-19)30-22-7-9-23(10-8-22)31-24-13-17-26(18-14-24)32(27,28)25-15-11-20(29-2)12-16-25/h3-18H,1-2H3. The van der Waals surface area contributed by atoms with Crippen LogP contribution in [0.4, 0.5) is 0 Å². The van der Waals surface area contributed by atoms with Crippen molar-refractivity contribution in [1.82, 2.24) is 0 Å². The quantitative estimate of drug-likeness (QED) is 0.328. The molecule has 162 valence electrons. The minimum Gasteiger partial charge on any atom is -0.497 e. The third-order valence-corrected chi connectivity index (χ3v) is 6.61. The van der Waals surface area contributed by atoms with E-state index in [4.69, 9.17) is 14.2 Å². The lowest BCUT2D eigenvalue weighted by molar-refractivity contribution is 0.414. The number of sulfone groups is 1. The van der Waals surface area contributed by atoms with Gasteiger partial charge in [0.15, 0.2) is 0 Å². The smallest absolute Gasteiger partial charge is 0.206 e. The van der Waals surface area contributed by atoms with E-state index in [0.717, 1.165) is 5.75 Å². The second kappa shape index (κ2) is 9.16. The van der Waals surface area contributed by atoms with Gasteiger partial charge in [0.05, 0.1) is 16.9 Å². The van der Waals surface area contributed by atoms with Crippen LogP contribution in [0.25, 0.3) is 0 Å². The topological polar surface area (TPSA) is 61.8 Å². The molecule has 0 spiro atoms. The van der Waals surface area contributed by atoms with Crippen LogP contribution < -0.4 is 14.2 Å². The number of aryl methyl sites for hydroxylation is 1. The van der Waals surface area contributed by atoms with Crippen molar-refractivity contribution in [1.29, 1.82) is 0 Å². The van der Waals surface area contributed by atoms with E-state index in [2.05, 4.69) is 0 Å². The van der Waals surface area contributed by atoms with Crippen molar-refractivity contribution in [2.24, 2.45) is 0 Å². The molecule has 0 amide bonds. The maximum Gasteiger partial charge on any atom is 0.206 e. The molecule has 0 heterocycles. The zero-order valence-electron chi connectivity index (χ0n) is 17.7. The molecule has 6 heteroatoms. The first-order chi connectivity index (χ1) is 15.4. The predicted octanol–water partition coefficient (Wildman–Crippen LogP) is 6.42. The fraction of sp³-hybridized carbons (Fsp3) is 0.0769. The normalized spacial score (nSPS) is 11.1. The maximum absolute atomic E-state index is 12.8. The second-order valence-corrected chi connectivity index (χ2v) is 9.09. The van der Waals surface area contributed by atoms with Crippen LogP contribution >= 0.6 is 0 Å². The van der Waals surface area contributed by atoms with E-state index in [1.807, 2.05) is 43.3 Å². The number of ether oxygens (including phenoxy) is 3. The predicted molar refractivity (Wildman–Crippen MR) is 123 cm³/mol. The first-order valence-electron chi connectivity index (χ1n) is 9.96. The first-order valence-corrected chi connectivity index (χ1v) is 11.4. The Balaban J connectivity index is 1.43. The molecule has 0 aliphatic carbocycles. The van der Waals surface area contributed by atoms with Gasteiger partial charge in [-0.15, -0.1) is 0 Å². The fourth-order valence-electron chi connectivity index (χ4n) is 3.03. The zero-order valence-corrected chi connectivity index (χ0v) is 18.5. The molecule has 0 fully saturated rings. The van der Waals surface area contributed by atoms with Crippen LogP contribution in [0.3, 0.4) is 0 Å². The SMILES string of the molecule is COc1ccc(S(=O)(=O)c2ccc(Oc3ccc(Oc4ccc(C)cc4)cc3)cc2)cc1. The average Bonchev–Trinajstić information content (AvgIpc) is 2.82. The molecule has 0 atom stereocenters. The van der Waals surface area contributed by atoms with Crippen LogP contribution in [0.1, 0.15) is 5.56 Å². The molecule has 0 N–H and O–H groups in total. The van der Waals surface area contributed by atoms with E-state index in [-0.39, 0.29) is 9.79 Å². The van der Waals surface area contributed by atoms with Gasteiger partial charge in [-0.05, 0) is 91.9 Å². The summed E-state index contributed by atoms with van der Waals surface area (Å²) in [6.45, 7) is 2.02. The van der Waals surface area contributed by atoms with Crippen molar-refractivity contribution < 1.29 is 22.6 Å². The van der Waals surface area contributed by atoms with Crippen LogP contribution in [0, 0.1) is 6.92 Å². The molecule has 0 aliphatic rings. The molecule has 0 aromatic heterocycles. The summed E-state index contributed by atoms with van der Waals surface area (Å²) in [6.07, 6.45) is 0. The summed E-state index contributed by atoms with van der Waals surface area (Å²) < 4.78 is 42.4. The van der Waals surface area contributed by atoms with Gasteiger partial charge < -0.3 is 14.2 Å². The Morgan fingerprint density at radius 3 is 1.19 bits per heavy atom. The van der Waals surface area contributed by atoms with Gasteiger partial charge in [0.1, 0.15) is 28.7 Å². The highest BCUT2D eigenvalue weighted by molar-refractivity contribution is 7.91. The van der Waals surface area contributed by atoms with Crippen molar-refractivity contribution in [3.05, 3.63) is 103 Å². The van der Waals surface area contributed by atoms with E-state index in [1.165, 1.54) is 36.9 Å². The average molecular weight is 447 g/mol. The van der Waals surface area contributed by atoms with Crippen LogP contribution in [-0.4, -0.2) is 15.5 Å². The van der Waals surface area contributed by atoms with Gasteiger partial charge in [0.2, 0.25) is 9.84 Å². The number of hydrogen-bond donors (Lipinski definition) is 0. The Labute approximate surface area is 187 Å². The first kappa shape index (κ1) is 21.5. The summed E-state index contributed by atoms with van der Waals surface area (Å²) in [4.78, 5) is 0.396. The molecular weight excluding hydrogens is 424 g/mol. The van der Waals surface area contributed by atoms with Crippen molar-refractivity contribution in [3.8, 4) is 28.7 Å². The number of benzene rings is 4. The summed E-state index contributed by atoms with van der Waals surface area (Å²) in [5.74, 6) is 3.21. The van der Waals surface area contributed by atoms with Crippen LogP contribution in [0.2, 0.25) is 0 Å². The van der Waals surface area contributed by atoms with Gasteiger partial charge in [-0.3, -0.25) is 0 Å². The molecule has 0 aliphatic heterocycles. The Morgan fingerprint density at radius 2 is 0.812 bits per heavy atom. The largest absolute Gasteiger partial charge is 0.497 e. The Hall–Kier alpha value is -3.77. The fourth-order valence-corrected chi connectivity index (χ4v) is 4.29. The highest BCUT2D eigenvalue weighted by Crippen LogP contribution is 2.29. The van der Waals surface area contributed by atoms with E-state index in [1.54, 1.807) is 36.4 Å². The van der Waals surface area contributed by atoms with Crippen LogP contribution in [0.5, 0.6) is 28.7 Å². The van der Waals surface area contributed by atoms with Gasteiger partial charge in [0, 0.05) is 0 Å². The monoisotopic (exact) mass is 446 g/mol. The van der Waals surface area contributed by atoms with Crippen molar-refractivity contribution in [3.63, 3.8) is 0 Å². The summed E-state index contributed by atoms with van der Waals surface area (Å²) in [5.41, 5.74) is 1.17. The minimum absolute atomic E-state index is 0.192. The maximum atomic E-state index is 12.8. The summed E-state index contributed by atoms with van der Waals surface area (Å²) in [7, 11) is -2.08. The highest BCUT2D eigenvalue weighted by atomic mass is 32.2. The lowest BCUT2D eigenvalue weighted by Gasteiger charge is -2.10. The van der Waals surface area contributed by atoms with E-state index in [9.17, 15) is 8.42 Å². The zero-order chi connectivity index (χ0) is 22.6. The molecule has 4 rings (SSSR count). The molecule has 32 heavy (non-hydrogen) atoms. The van der Waals surface area contributed by atoms with Gasteiger partial charge >= 0.3 is 0 Å². The second-order valence-electron chi connectivity index (χ2n) is 7.14. The molecule has 0 saturated heterocycles. The summed E-state index contributed by atoms with van der Waals surface area (Å²) in [5, 5.41) is 0. The van der Waals surface area contributed by atoms with Crippen LogP contribution in [-0.2, 0) is 9.84 Å². The lowest BCUT2D eigenvalue weighted by atomic mass is 10.2. The van der Waals surface area contributed by atoms with Crippen molar-refractivity contribution in [2.45, 2.75) is 16.7 Å². The summed E-state index contributed by atoms with van der Waals surface area (Å²) in [6, 6.07) is 27.7. The van der Waals surface area contributed by atoms with E-state index in [0.29, 0.717) is 23.0 Å². The highest BCUT2D eigenvalue weighted by Gasteiger charge is 2.17. The molecule has 0 saturated carbocycles. The molecule has 0 bridgehead atoms. The number of hydrogen-bond acceptors (Lipinski definition) is 5. The molecule has 5 nitrogen and oxygen atoms in total. The third kappa shape index (κ3) is 4.92. The number of rotatable bonds is 7. The molecular formula is C26H22O5S. The molecule has 0 radical (unpaired) electrons. The van der Waals surface area contributed by atoms with E-state index >= 15 is 0 Å². The molecule has 4 aromatic carbocycles. The van der Waals surface area contributed by atoms with E-state index < -0.39 is 9.84 Å². The Kier molecular flexibility index (Phi) is 6.14. The lowest BCUT2D eigenvalue weighted by Crippen LogP contribution is -2.01. The third-order valence-electron chi connectivity index (χ3n) is 4.82. The van der Waals surface area contributed by atoms with Gasteiger partial charge in [-0.1, -0.05) is 17.7 Å². The van der Waals surface area contributed by atoms with Gasteiger partial charge in [0.25, 0.3) is 0 Å². The van der Waals surface area contributed by atoms with Crippen molar-refractivity contribution in [2.75, 3.05) is 7.11 Å². The Morgan fingerprint density at radius 1 is 0.500 bits per heavy atom. The van der Waals surface area contributed by atoms with Crippen LogP contribution in [0.15, 0.2) is 107 Å². The van der Waals surface area contributed by atoms with Gasteiger partial charge in [-0.25, -0.2) is 8.42 Å².